The van der Waals surface area contributed by atoms with Gasteiger partial charge in [0.15, 0.2) is 5.96 Å². The number of halogens is 1. The Labute approximate surface area is 188 Å². The lowest BCUT2D eigenvalue weighted by molar-refractivity contribution is -0.0320. The van der Waals surface area contributed by atoms with Gasteiger partial charge in [-0.2, -0.15) is 0 Å². The molecule has 1 atom stereocenters. The zero-order chi connectivity index (χ0) is 19.5. The Morgan fingerprint density at radius 3 is 2.46 bits per heavy atom. The highest BCUT2D eigenvalue weighted by Gasteiger charge is 2.13. The SMILES string of the molecule is CN=C(NCCCOC1CCOCC1)NC(C)c1ccc(CC(C)C)cc1.I. The average molecular weight is 503 g/mol. The molecule has 1 saturated heterocycles. The molecule has 28 heavy (non-hydrogen) atoms. The van der Waals surface area contributed by atoms with E-state index in [0.29, 0.717) is 12.0 Å². The van der Waals surface area contributed by atoms with Gasteiger partial charge in [0.2, 0.25) is 0 Å². The molecular formula is C22H38IN3O2. The van der Waals surface area contributed by atoms with Crippen LogP contribution in [0.5, 0.6) is 0 Å². The van der Waals surface area contributed by atoms with Gasteiger partial charge in [-0.25, -0.2) is 0 Å². The fourth-order valence-corrected chi connectivity index (χ4v) is 3.27. The van der Waals surface area contributed by atoms with E-state index in [9.17, 15) is 0 Å². The molecule has 0 aliphatic carbocycles. The molecule has 1 fully saturated rings. The summed E-state index contributed by atoms with van der Waals surface area (Å²) < 4.78 is 11.3. The number of benzene rings is 1. The molecule has 5 nitrogen and oxygen atoms in total. The van der Waals surface area contributed by atoms with Crippen LogP contribution in [-0.2, 0) is 15.9 Å². The van der Waals surface area contributed by atoms with Crippen LogP contribution in [0, 0.1) is 5.92 Å². The second-order valence-electron chi connectivity index (χ2n) is 7.74. The molecule has 0 saturated carbocycles. The number of ether oxygens (including phenoxy) is 2. The van der Waals surface area contributed by atoms with Crippen molar-refractivity contribution < 1.29 is 9.47 Å². The molecule has 2 rings (SSSR count). The summed E-state index contributed by atoms with van der Waals surface area (Å²) in [5, 5.41) is 6.84. The Bertz CT molecular complexity index is 557. The van der Waals surface area contributed by atoms with Gasteiger partial charge in [-0.15, -0.1) is 24.0 Å². The van der Waals surface area contributed by atoms with E-state index in [1.165, 1.54) is 11.1 Å². The third kappa shape index (κ3) is 9.56. The molecule has 2 N–H and O–H groups in total. The molecule has 6 heteroatoms. The van der Waals surface area contributed by atoms with Gasteiger partial charge in [0.1, 0.15) is 0 Å². The predicted molar refractivity (Wildman–Crippen MR) is 128 cm³/mol. The lowest BCUT2D eigenvalue weighted by Crippen LogP contribution is -2.39. The smallest absolute Gasteiger partial charge is 0.191 e. The zero-order valence-electron chi connectivity index (χ0n) is 17.9. The topological polar surface area (TPSA) is 54.9 Å². The van der Waals surface area contributed by atoms with Gasteiger partial charge in [-0.3, -0.25) is 4.99 Å². The van der Waals surface area contributed by atoms with Crippen LogP contribution < -0.4 is 10.6 Å². The highest BCUT2D eigenvalue weighted by Crippen LogP contribution is 2.15. The largest absolute Gasteiger partial charge is 0.381 e. The standard InChI is InChI=1S/C22H37N3O2.HI/c1-17(2)16-19-6-8-20(9-7-19)18(3)25-22(23-4)24-12-5-13-27-21-10-14-26-15-11-21;/h6-9,17-18,21H,5,10-16H2,1-4H3,(H2,23,24,25);1H. The highest BCUT2D eigenvalue weighted by atomic mass is 127. The highest BCUT2D eigenvalue weighted by molar-refractivity contribution is 14.0. The maximum Gasteiger partial charge on any atom is 0.191 e. The van der Waals surface area contributed by atoms with Crippen molar-refractivity contribution in [2.75, 3.05) is 33.4 Å². The van der Waals surface area contributed by atoms with Crippen molar-refractivity contribution in [1.82, 2.24) is 10.6 Å². The summed E-state index contributed by atoms with van der Waals surface area (Å²) in [6.45, 7) is 9.96. The summed E-state index contributed by atoms with van der Waals surface area (Å²) >= 11 is 0. The third-order valence-electron chi connectivity index (χ3n) is 4.84. The van der Waals surface area contributed by atoms with Crippen LogP contribution >= 0.6 is 24.0 Å². The van der Waals surface area contributed by atoms with E-state index >= 15 is 0 Å². The first-order valence-electron chi connectivity index (χ1n) is 10.3. The molecular weight excluding hydrogens is 465 g/mol. The summed E-state index contributed by atoms with van der Waals surface area (Å²) in [6.07, 6.45) is 4.50. The van der Waals surface area contributed by atoms with Crippen LogP contribution in [0.25, 0.3) is 0 Å². The van der Waals surface area contributed by atoms with Gasteiger partial charge in [-0.05, 0) is 49.7 Å². The van der Waals surface area contributed by atoms with E-state index in [1.807, 2.05) is 7.05 Å². The van der Waals surface area contributed by atoms with Gasteiger partial charge in [0.25, 0.3) is 0 Å². The zero-order valence-corrected chi connectivity index (χ0v) is 20.2. The van der Waals surface area contributed by atoms with E-state index in [0.717, 1.165) is 58.0 Å². The van der Waals surface area contributed by atoms with Gasteiger partial charge in [0.05, 0.1) is 12.1 Å². The van der Waals surface area contributed by atoms with Gasteiger partial charge >= 0.3 is 0 Å². The number of hydrogen-bond donors (Lipinski definition) is 2. The lowest BCUT2D eigenvalue weighted by Gasteiger charge is -2.22. The molecule has 1 unspecified atom stereocenters. The molecule has 160 valence electrons. The van der Waals surface area contributed by atoms with Crippen molar-refractivity contribution >= 4 is 29.9 Å². The average Bonchev–Trinajstić information content (AvgIpc) is 2.67. The second-order valence-corrected chi connectivity index (χ2v) is 7.74. The van der Waals surface area contributed by atoms with Crippen molar-refractivity contribution in [3.8, 4) is 0 Å². The molecule has 0 amide bonds. The summed E-state index contributed by atoms with van der Waals surface area (Å²) in [5.41, 5.74) is 2.67. The lowest BCUT2D eigenvalue weighted by atomic mass is 10.00. The van der Waals surface area contributed by atoms with Crippen LogP contribution in [0.2, 0.25) is 0 Å². The van der Waals surface area contributed by atoms with E-state index in [-0.39, 0.29) is 30.0 Å². The molecule has 0 radical (unpaired) electrons. The predicted octanol–water partition coefficient (Wildman–Crippen LogP) is 4.31. The first-order chi connectivity index (χ1) is 13.1. The Balaban J connectivity index is 0.00000392. The maximum absolute atomic E-state index is 5.91. The summed E-state index contributed by atoms with van der Waals surface area (Å²) in [7, 11) is 1.81. The number of hydrogen-bond acceptors (Lipinski definition) is 3. The van der Waals surface area contributed by atoms with Gasteiger partial charge in [-0.1, -0.05) is 38.1 Å². The fraction of sp³-hybridized carbons (Fsp3) is 0.682. The summed E-state index contributed by atoms with van der Waals surface area (Å²) in [4.78, 5) is 4.34. The summed E-state index contributed by atoms with van der Waals surface area (Å²) in [5.74, 6) is 1.52. The van der Waals surface area contributed by atoms with Crippen LogP contribution in [0.1, 0.15) is 57.2 Å². The molecule has 0 aromatic heterocycles. The molecule has 1 aromatic rings. The van der Waals surface area contributed by atoms with Crippen LogP contribution in [-0.4, -0.2) is 45.5 Å². The number of aliphatic imine (C=N–C) groups is 1. The normalized spacial score (nSPS) is 16.5. The van der Waals surface area contributed by atoms with E-state index in [1.54, 1.807) is 0 Å². The Morgan fingerprint density at radius 2 is 1.86 bits per heavy atom. The fourth-order valence-electron chi connectivity index (χ4n) is 3.27. The van der Waals surface area contributed by atoms with Crippen molar-refractivity contribution in [1.29, 1.82) is 0 Å². The van der Waals surface area contributed by atoms with Crippen LogP contribution in [0.15, 0.2) is 29.3 Å². The minimum absolute atomic E-state index is 0. The molecule has 1 aliphatic heterocycles. The number of nitrogens with one attached hydrogen (secondary N) is 2. The van der Waals surface area contributed by atoms with E-state index in [2.05, 4.69) is 60.7 Å². The second kappa shape index (κ2) is 14.2. The first-order valence-corrected chi connectivity index (χ1v) is 10.3. The van der Waals surface area contributed by atoms with E-state index < -0.39 is 0 Å². The van der Waals surface area contributed by atoms with E-state index in [4.69, 9.17) is 9.47 Å². The number of nitrogens with zero attached hydrogens (tertiary/aromatic N) is 1. The Morgan fingerprint density at radius 1 is 1.18 bits per heavy atom. The number of guanidine groups is 1. The third-order valence-corrected chi connectivity index (χ3v) is 4.84. The van der Waals surface area contributed by atoms with Crippen molar-refractivity contribution in [3.05, 3.63) is 35.4 Å². The van der Waals surface area contributed by atoms with Gasteiger partial charge in [0, 0.05) is 33.4 Å². The summed E-state index contributed by atoms with van der Waals surface area (Å²) in [6, 6.07) is 9.10. The maximum atomic E-state index is 5.91. The molecule has 1 aromatic carbocycles. The van der Waals surface area contributed by atoms with Crippen molar-refractivity contribution in [2.45, 2.75) is 58.6 Å². The van der Waals surface area contributed by atoms with Crippen LogP contribution in [0.3, 0.4) is 0 Å². The Kier molecular flexibility index (Phi) is 12.7. The molecule has 0 bridgehead atoms. The van der Waals surface area contributed by atoms with Crippen molar-refractivity contribution in [3.63, 3.8) is 0 Å². The number of rotatable bonds is 9. The van der Waals surface area contributed by atoms with Crippen LogP contribution in [0.4, 0.5) is 0 Å². The van der Waals surface area contributed by atoms with Gasteiger partial charge < -0.3 is 20.1 Å². The minimum atomic E-state index is 0. The monoisotopic (exact) mass is 503 g/mol. The first kappa shape index (κ1) is 25.2. The van der Waals surface area contributed by atoms with Crippen molar-refractivity contribution in [2.24, 2.45) is 10.9 Å². The quantitative estimate of drug-likeness (QED) is 0.228. The molecule has 1 aliphatic rings. The molecule has 1 heterocycles. The Hall–Kier alpha value is -0.860. The minimum Gasteiger partial charge on any atom is -0.381 e. The molecule has 0 spiro atoms.